The van der Waals surface area contributed by atoms with E-state index in [-0.39, 0.29) is 11.2 Å². The fourth-order valence-electron chi connectivity index (χ4n) is 2.01. The number of benzene rings is 1. The van der Waals surface area contributed by atoms with Crippen molar-refractivity contribution in [1.82, 2.24) is 19.9 Å². The average Bonchev–Trinajstić information content (AvgIpc) is 2.72. The number of fused-ring (bicyclic) bond motifs is 1. The van der Waals surface area contributed by atoms with E-state index in [1.165, 1.54) is 0 Å². The van der Waals surface area contributed by atoms with E-state index >= 15 is 0 Å². The maximum Gasteiger partial charge on any atom is 0.327 e. The number of nitrogens with one attached hydrogen (secondary N) is 3. The summed E-state index contributed by atoms with van der Waals surface area (Å²) in [6, 6.07) is 5.38. The predicted octanol–water partition coefficient (Wildman–Crippen LogP) is 0.497. The second kappa shape index (κ2) is 3.84. The zero-order chi connectivity index (χ0) is 13.6. The van der Waals surface area contributed by atoms with Crippen molar-refractivity contribution in [1.29, 1.82) is 0 Å². The number of H-pyrrole nitrogens is 3. The first-order chi connectivity index (χ1) is 9.04. The zero-order valence-electron chi connectivity index (χ0n) is 10.1. The molecule has 7 heteroatoms. The molecule has 5 N–H and O–H groups in total. The van der Waals surface area contributed by atoms with Crippen LogP contribution in [0.5, 0.6) is 0 Å². The van der Waals surface area contributed by atoms with Crippen molar-refractivity contribution in [2.45, 2.75) is 6.92 Å². The highest BCUT2D eigenvalue weighted by atomic mass is 16.2. The summed E-state index contributed by atoms with van der Waals surface area (Å²) in [4.78, 5) is 34.5. The van der Waals surface area contributed by atoms with Crippen molar-refractivity contribution in [2.24, 2.45) is 0 Å². The molecule has 0 saturated carbocycles. The summed E-state index contributed by atoms with van der Waals surface area (Å²) >= 11 is 0. The molecule has 7 nitrogen and oxygen atoms in total. The van der Waals surface area contributed by atoms with Crippen molar-refractivity contribution < 1.29 is 0 Å². The third-order valence-corrected chi connectivity index (χ3v) is 2.90. The molecule has 3 aromatic rings. The first-order valence-electron chi connectivity index (χ1n) is 5.63. The minimum Gasteiger partial charge on any atom is -0.399 e. The van der Waals surface area contributed by atoms with Crippen LogP contribution in [0.4, 0.5) is 5.69 Å². The molecular weight excluding hydrogens is 246 g/mol. The highest BCUT2D eigenvalue weighted by molar-refractivity contribution is 5.76. The van der Waals surface area contributed by atoms with Crippen LogP contribution in [0.3, 0.4) is 0 Å². The van der Waals surface area contributed by atoms with E-state index in [0.717, 1.165) is 11.1 Å². The number of nitrogen functional groups attached to an aromatic ring is 1. The van der Waals surface area contributed by atoms with Crippen molar-refractivity contribution in [3.8, 4) is 11.4 Å². The van der Waals surface area contributed by atoms with E-state index in [1.807, 2.05) is 19.1 Å². The number of hydrogen-bond donors (Lipinski definition) is 4. The van der Waals surface area contributed by atoms with E-state index in [4.69, 9.17) is 5.73 Å². The van der Waals surface area contributed by atoms with Gasteiger partial charge in [0.1, 0.15) is 11.3 Å². The van der Waals surface area contributed by atoms with E-state index in [2.05, 4.69) is 19.9 Å². The molecule has 0 unspecified atom stereocenters. The van der Waals surface area contributed by atoms with Gasteiger partial charge in [0.2, 0.25) is 0 Å². The standard InChI is InChI=1S/C12H11N5O2/c1-5-4-6(13)2-3-7(5)9-14-8-10(15-9)16-12(19)17-11(8)18/h2-4H,13H2,1H3,(H3,14,15,16,17,18,19). The van der Waals surface area contributed by atoms with Gasteiger partial charge in [0.25, 0.3) is 5.56 Å². The number of nitrogens with two attached hydrogens (primary N) is 1. The minimum absolute atomic E-state index is 0.236. The van der Waals surface area contributed by atoms with Gasteiger partial charge in [0, 0.05) is 11.3 Å². The summed E-state index contributed by atoms with van der Waals surface area (Å²) in [7, 11) is 0. The topological polar surface area (TPSA) is 120 Å². The van der Waals surface area contributed by atoms with Gasteiger partial charge in [-0.3, -0.25) is 14.8 Å². The summed E-state index contributed by atoms with van der Waals surface area (Å²) in [6.45, 7) is 1.89. The molecule has 96 valence electrons. The van der Waals surface area contributed by atoms with Gasteiger partial charge in [-0.25, -0.2) is 9.78 Å². The Morgan fingerprint density at radius 3 is 2.68 bits per heavy atom. The Balaban J connectivity index is 2.29. The molecule has 0 aliphatic heterocycles. The van der Waals surface area contributed by atoms with Crippen LogP contribution < -0.4 is 17.0 Å². The number of aryl methyl sites for hydroxylation is 1. The van der Waals surface area contributed by atoms with Gasteiger partial charge >= 0.3 is 5.69 Å². The second-order valence-electron chi connectivity index (χ2n) is 4.29. The van der Waals surface area contributed by atoms with Crippen LogP contribution >= 0.6 is 0 Å². The number of anilines is 1. The molecule has 19 heavy (non-hydrogen) atoms. The Hall–Kier alpha value is -2.83. The van der Waals surface area contributed by atoms with Crippen LogP contribution in [0.1, 0.15) is 5.56 Å². The van der Waals surface area contributed by atoms with Crippen molar-refractivity contribution >= 4 is 16.9 Å². The first kappa shape index (κ1) is 11.3. The average molecular weight is 257 g/mol. The van der Waals surface area contributed by atoms with E-state index in [1.54, 1.807) is 6.07 Å². The third-order valence-electron chi connectivity index (χ3n) is 2.90. The molecule has 2 aromatic heterocycles. The highest BCUT2D eigenvalue weighted by Crippen LogP contribution is 2.23. The van der Waals surface area contributed by atoms with Crippen LogP contribution in [0.15, 0.2) is 27.8 Å². The van der Waals surface area contributed by atoms with Gasteiger partial charge in [0.05, 0.1) is 0 Å². The lowest BCUT2D eigenvalue weighted by Crippen LogP contribution is -2.21. The van der Waals surface area contributed by atoms with Crippen LogP contribution in [-0.4, -0.2) is 19.9 Å². The maximum atomic E-state index is 11.6. The summed E-state index contributed by atoms with van der Waals surface area (Å²) in [5.74, 6) is 0.514. The molecule has 0 spiro atoms. The number of nitrogens with zero attached hydrogens (tertiary/aromatic N) is 1. The normalized spacial score (nSPS) is 11.0. The summed E-state index contributed by atoms with van der Waals surface area (Å²) in [6.07, 6.45) is 0. The molecule has 0 radical (unpaired) electrons. The van der Waals surface area contributed by atoms with Crippen LogP contribution in [0.2, 0.25) is 0 Å². The van der Waals surface area contributed by atoms with E-state index in [9.17, 15) is 9.59 Å². The number of rotatable bonds is 1. The number of imidazole rings is 1. The SMILES string of the molecule is Cc1cc(N)ccc1-c1nc2[nH]c(=O)[nH]c(=O)c2[nH]1. The molecule has 0 aliphatic carbocycles. The number of aromatic nitrogens is 4. The molecule has 0 atom stereocenters. The minimum atomic E-state index is -0.579. The lowest BCUT2D eigenvalue weighted by molar-refractivity contribution is 1.07. The third kappa shape index (κ3) is 1.81. The Labute approximate surface area is 106 Å². The molecule has 0 bridgehead atoms. The maximum absolute atomic E-state index is 11.6. The summed E-state index contributed by atoms with van der Waals surface area (Å²) in [5, 5.41) is 0. The van der Waals surface area contributed by atoms with Crippen LogP contribution in [-0.2, 0) is 0 Å². The molecule has 0 amide bonds. The van der Waals surface area contributed by atoms with Crippen molar-refractivity contribution in [3.63, 3.8) is 0 Å². The molecular formula is C12H11N5O2. The van der Waals surface area contributed by atoms with E-state index < -0.39 is 11.2 Å². The van der Waals surface area contributed by atoms with Gasteiger partial charge in [0.15, 0.2) is 5.65 Å². The van der Waals surface area contributed by atoms with Gasteiger partial charge in [-0.05, 0) is 30.7 Å². The van der Waals surface area contributed by atoms with Gasteiger partial charge in [-0.15, -0.1) is 0 Å². The number of aromatic amines is 3. The lowest BCUT2D eigenvalue weighted by Gasteiger charge is -2.02. The Bertz CT molecular complexity index is 887. The van der Waals surface area contributed by atoms with Crippen molar-refractivity contribution in [2.75, 3.05) is 5.73 Å². The van der Waals surface area contributed by atoms with Gasteiger partial charge < -0.3 is 10.7 Å². The second-order valence-corrected chi connectivity index (χ2v) is 4.29. The Morgan fingerprint density at radius 2 is 1.95 bits per heavy atom. The molecule has 0 saturated heterocycles. The quantitative estimate of drug-likeness (QED) is 0.474. The fourth-order valence-corrected chi connectivity index (χ4v) is 2.01. The Kier molecular flexibility index (Phi) is 2.28. The highest BCUT2D eigenvalue weighted by Gasteiger charge is 2.11. The predicted molar refractivity (Wildman–Crippen MR) is 71.9 cm³/mol. The van der Waals surface area contributed by atoms with Crippen LogP contribution in [0.25, 0.3) is 22.6 Å². The summed E-state index contributed by atoms with van der Waals surface area (Å²) in [5.41, 5.74) is 7.50. The largest absolute Gasteiger partial charge is 0.399 e. The Morgan fingerprint density at radius 1 is 1.16 bits per heavy atom. The number of hydrogen-bond acceptors (Lipinski definition) is 4. The molecule has 2 heterocycles. The molecule has 3 rings (SSSR count). The first-order valence-corrected chi connectivity index (χ1v) is 5.63. The van der Waals surface area contributed by atoms with Crippen molar-refractivity contribution in [3.05, 3.63) is 44.6 Å². The molecule has 1 aromatic carbocycles. The smallest absolute Gasteiger partial charge is 0.327 e. The summed E-state index contributed by atoms with van der Waals surface area (Å²) < 4.78 is 0. The zero-order valence-corrected chi connectivity index (χ0v) is 10.1. The fraction of sp³-hybridized carbons (Fsp3) is 0.0833. The lowest BCUT2D eigenvalue weighted by atomic mass is 10.1. The van der Waals surface area contributed by atoms with Gasteiger partial charge in [-0.2, -0.15) is 0 Å². The molecule has 0 fully saturated rings. The van der Waals surface area contributed by atoms with Crippen LogP contribution in [0, 0.1) is 6.92 Å². The molecule has 0 aliphatic rings. The monoisotopic (exact) mass is 257 g/mol. The van der Waals surface area contributed by atoms with Gasteiger partial charge in [-0.1, -0.05) is 0 Å². The van der Waals surface area contributed by atoms with E-state index in [0.29, 0.717) is 11.5 Å².